The Labute approximate surface area is 226 Å². The maximum Gasteiger partial charge on any atom is 0.333 e. The number of rotatable bonds is 7. The molecule has 4 aromatic rings. The van der Waals surface area contributed by atoms with Crippen LogP contribution in [0.1, 0.15) is 48.2 Å². The van der Waals surface area contributed by atoms with Gasteiger partial charge in [-0.05, 0) is 61.9 Å². The summed E-state index contributed by atoms with van der Waals surface area (Å²) in [4.78, 5) is 34.2. The molecule has 12 heteroatoms. The third kappa shape index (κ3) is 5.49. The predicted molar refractivity (Wildman–Crippen MR) is 142 cm³/mol. The molecule has 0 saturated heterocycles. The number of nitrogens with one attached hydrogen (secondary N) is 2. The molecule has 1 aliphatic carbocycles. The molecule has 1 amide bonds. The number of fused-ring (bicyclic) bond motifs is 1. The van der Waals surface area contributed by atoms with Gasteiger partial charge in [0, 0.05) is 31.9 Å². The largest absolute Gasteiger partial charge is 0.373 e. The average molecular weight is 559 g/mol. The van der Waals surface area contributed by atoms with Gasteiger partial charge in [-0.15, -0.1) is 0 Å². The zero-order chi connectivity index (χ0) is 27.7. The molecule has 0 atom stereocenters. The van der Waals surface area contributed by atoms with Crippen molar-refractivity contribution in [2.45, 2.75) is 44.7 Å². The van der Waals surface area contributed by atoms with E-state index in [4.69, 9.17) is 11.6 Å². The lowest BCUT2D eigenvalue weighted by molar-refractivity contribution is 0.0904. The second kappa shape index (κ2) is 11.1. The number of aromatic nitrogens is 4. The maximum absolute atomic E-state index is 14.2. The second-order valence-electron chi connectivity index (χ2n) is 9.59. The molecule has 1 aromatic carbocycles. The van der Waals surface area contributed by atoms with E-state index in [1.807, 2.05) is 0 Å². The van der Waals surface area contributed by atoms with Crippen LogP contribution in [-0.4, -0.2) is 38.1 Å². The number of alkyl halides is 2. The van der Waals surface area contributed by atoms with Gasteiger partial charge in [0.05, 0.1) is 33.5 Å². The Bertz CT molecular complexity index is 1560. The third-order valence-corrected chi connectivity index (χ3v) is 7.32. The van der Waals surface area contributed by atoms with E-state index in [0.29, 0.717) is 54.8 Å². The lowest BCUT2D eigenvalue weighted by atomic mass is 9.85. The van der Waals surface area contributed by atoms with Crippen LogP contribution in [0.3, 0.4) is 0 Å². The minimum atomic E-state index is -2.90. The van der Waals surface area contributed by atoms with E-state index >= 15 is 0 Å². The number of halogens is 4. The summed E-state index contributed by atoms with van der Waals surface area (Å²) in [5.74, 6) is -0.311. The number of benzene rings is 1. The van der Waals surface area contributed by atoms with Gasteiger partial charge in [-0.1, -0.05) is 11.6 Å². The topological polar surface area (TPSA) is 93.8 Å². The quantitative estimate of drug-likeness (QED) is 0.319. The molecule has 1 saturated carbocycles. The Kier molecular flexibility index (Phi) is 7.60. The first-order valence-electron chi connectivity index (χ1n) is 12.5. The van der Waals surface area contributed by atoms with Gasteiger partial charge >= 0.3 is 5.69 Å². The van der Waals surface area contributed by atoms with Crippen molar-refractivity contribution in [3.05, 3.63) is 81.4 Å². The van der Waals surface area contributed by atoms with Crippen molar-refractivity contribution < 1.29 is 18.0 Å². The smallest absolute Gasteiger partial charge is 0.333 e. The Morgan fingerprint density at radius 3 is 2.51 bits per heavy atom. The highest BCUT2D eigenvalue weighted by Gasteiger charge is 2.27. The molecule has 1 fully saturated rings. The van der Waals surface area contributed by atoms with Gasteiger partial charge < -0.3 is 10.6 Å². The molecule has 39 heavy (non-hydrogen) atoms. The number of nitrogens with zero attached hydrogens (tertiary/aromatic N) is 4. The first-order valence-corrected chi connectivity index (χ1v) is 12.9. The summed E-state index contributed by atoms with van der Waals surface area (Å²) in [6, 6.07) is 8.75. The molecular formula is C27H26ClF3N6O2. The van der Waals surface area contributed by atoms with Crippen LogP contribution in [0, 0.1) is 11.7 Å². The van der Waals surface area contributed by atoms with E-state index in [0.717, 1.165) is 6.20 Å². The van der Waals surface area contributed by atoms with Crippen molar-refractivity contribution in [1.29, 1.82) is 0 Å². The molecule has 204 valence electrons. The molecular weight excluding hydrogens is 533 g/mol. The van der Waals surface area contributed by atoms with Crippen molar-refractivity contribution in [3.63, 3.8) is 0 Å². The minimum absolute atomic E-state index is 0.103. The molecule has 2 N–H and O–H groups in total. The second-order valence-corrected chi connectivity index (χ2v) is 10.0. The standard InChI is InChI=1S/C27H26ClF3N6O2/c1-32-23-9-7-19(13-33-23)37-22-11-17(29)4-8-21(22)36(27(37)39)14-15-2-5-18(6-3-15)35-26(38)20-10-16(28)12-34-24(20)25(30)31/h4,7-13,15,18,25H,2-3,5-6,14H2,1H3,(H,32,33)(H,35,38). The van der Waals surface area contributed by atoms with E-state index in [-0.39, 0.29) is 28.2 Å². The average Bonchev–Trinajstić information content (AvgIpc) is 3.19. The van der Waals surface area contributed by atoms with Crippen LogP contribution < -0.4 is 16.3 Å². The minimum Gasteiger partial charge on any atom is -0.373 e. The van der Waals surface area contributed by atoms with Crippen LogP contribution in [0.2, 0.25) is 5.02 Å². The summed E-state index contributed by atoms with van der Waals surface area (Å²) in [6.45, 7) is 0.421. The normalized spacial score (nSPS) is 17.5. The van der Waals surface area contributed by atoms with Crippen molar-refractivity contribution in [2.24, 2.45) is 5.92 Å². The van der Waals surface area contributed by atoms with Crippen LogP contribution in [-0.2, 0) is 6.54 Å². The number of amides is 1. The molecule has 0 spiro atoms. The first-order chi connectivity index (χ1) is 18.7. The summed E-state index contributed by atoms with van der Waals surface area (Å²) >= 11 is 5.88. The van der Waals surface area contributed by atoms with Crippen LogP contribution in [0.4, 0.5) is 19.0 Å². The highest BCUT2D eigenvalue weighted by molar-refractivity contribution is 6.30. The summed E-state index contributed by atoms with van der Waals surface area (Å²) in [6.07, 6.45) is 2.40. The highest BCUT2D eigenvalue weighted by atomic mass is 35.5. The molecule has 3 heterocycles. The Morgan fingerprint density at radius 1 is 1.08 bits per heavy atom. The highest BCUT2D eigenvalue weighted by Crippen LogP contribution is 2.29. The molecule has 0 radical (unpaired) electrons. The number of anilines is 1. The van der Waals surface area contributed by atoms with Gasteiger partial charge in [-0.25, -0.2) is 22.9 Å². The molecule has 8 nitrogen and oxygen atoms in total. The first kappa shape index (κ1) is 26.7. The Balaban J connectivity index is 1.32. The number of imidazole rings is 1. The van der Waals surface area contributed by atoms with Crippen LogP contribution in [0.25, 0.3) is 16.7 Å². The third-order valence-electron chi connectivity index (χ3n) is 7.11. The Morgan fingerprint density at radius 2 is 1.85 bits per heavy atom. The molecule has 1 aliphatic rings. The van der Waals surface area contributed by atoms with E-state index in [2.05, 4.69) is 20.6 Å². The summed E-state index contributed by atoms with van der Waals surface area (Å²) in [5, 5.41) is 5.86. The van der Waals surface area contributed by atoms with Crippen LogP contribution in [0.15, 0.2) is 53.6 Å². The summed E-state index contributed by atoms with van der Waals surface area (Å²) < 4.78 is 43.9. The molecule has 0 bridgehead atoms. The maximum atomic E-state index is 14.2. The molecule has 0 unspecified atom stereocenters. The van der Waals surface area contributed by atoms with E-state index < -0.39 is 23.8 Å². The molecule has 5 rings (SSSR count). The monoisotopic (exact) mass is 558 g/mol. The van der Waals surface area contributed by atoms with Gasteiger partial charge in [0.1, 0.15) is 17.3 Å². The number of hydrogen-bond acceptors (Lipinski definition) is 5. The summed E-state index contributed by atoms with van der Waals surface area (Å²) in [7, 11) is 1.74. The fourth-order valence-electron chi connectivity index (χ4n) is 5.14. The van der Waals surface area contributed by atoms with Gasteiger partial charge in [0.2, 0.25) is 0 Å². The SMILES string of the molecule is CNc1ccc(-n2c(=O)n(CC3CCC(NC(=O)c4cc(Cl)cnc4C(F)F)CC3)c3ccc(F)cc32)cn1. The number of pyridine rings is 2. The Hall–Kier alpha value is -3.86. The summed E-state index contributed by atoms with van der Waals surface area (Å²) in [5.41, 5.74) is 0.459. The number of hydrogen-bond donors (Lipinski definition) is 2. The van der Waals surface area contributed by atoms with Crippen molar-refractivity contribution >= 4 is 34.4 Å². The van der Waals surface area contributed by atoms with E-state index in [1.165, 1.54) is 22.8 Å². The van der Waals surface area contributed by atoms with Gasteiger partial charge in [0.15, 0.2) is 0 Å². The zero-order valence-corrected chi connectivity index (χ0v) is 21.8. The molecule has 3 aromatic heterocycles. The van der Waals surface area contributed by atoms with Crippen LogP contribution >= 0.6 is 11.6 Å². The van der Waals surface area contributed by atoms with E-state index in [1.54, 1.807) is 36.0 Å². The van der Waals surface area contributed by atoms with Crippen molar-refractivity contribution in [1.82, 2.24) is 24.4 Å². The number of carbonyl (C=O) groups is 1. The van der Waals surface area contributed by atoms with Crippen LogP contribution in [0.5, 0.6) is 0 Å². The van der Waals surface area contributed by atoms with Crippen molar-refractivity contribution in [2.75, 3.05) is 12.4 Å². The fraction of sp³-hybridized carbons (Fsp3) is 0.333. The number of carbonyl (C=O) groups excluding carboxylic acids is 1. The van der Waals surface area contributed by atoms with E-state index in [9.17, 15) is 22.8 Å². The zero-order valence-electron chi connectivity index (χ0n) is 21.0. The van der Waals surface area contributed by atoms with Crippen molar-refractivity contribution in [3.8, 4) is 5.69 Å². The lowest BCUT2D eigenvalue weighted by Crippen LogP contribution is -2.39. The predicted octanol–water partition coefficient (Wildman–Crippen LogP) is 5.34. The van der Waals surface area contributed by atoms with Gasteiger partial charge in [-0.2, -0.15) is 0 Å². The van der Waals surface area contributed by atoms with Gasteiger partial charge in [-0.3, -0.25) is 18.9 Å². The fourth-order valence-corrected chi connectivity index (χ4v) is 5.30. The van der Waals surface area contributed by atoms with Gasteiger partial charge in [0.25, 0.3) is 12.3 Å². The molecule has 0 aliphatic heterocycles. The lowest BCUT2D eigenvalue weighted by Gasteiger charge is -2.29.